The Morgan fingerprint density at radius 2 is 0.588 bits per heavy atom. The summed E-state index contributed by atoms with van der Waals surface area (Å²) >= 11 is 0. The Hall–Kier alpha value is -6.21. The van der Waals surface area contributed by atoms with Crippen molar-refractivity contribution in [1.82, 2.24) is 9.13 Å². The van der Waals surface area contributed by atoms with E-state index in [1.165, 1.54) is 76.2 Å². The van der Waals surface area contributed by atoms with Gasteiger partial charge in [0.15, 0.2) is 0 Å². The molecule has 0 bridgehead atoms. The van der Waals surface area contributed by atoms with Gasteiger partial charge in [-0.2, -0.15) is 0 Å². The van der Waals surface area contributed by atoms with E-state index in [0.29, 0.717) is 0 Å². The summed E-state index contributed by atoms with van der Waals surface area (Å²) in [6.45, 7) is 0. The van der Waals surface area contributed by atoms with Gasteiger partial charge in [-0.1, -0.05) is 0 Å². The Bertz CT molecular complexity index is 2640. The van der Waals surface area contributed by atoms with Crippen LogP contribution in [0.1, 0.15) is 0 Å². The van der Waals surface area contributed by atoms with Gasteiger partial charge in [-0.3, -0.25) is 0 Å². The summed E-state index contributed by atoms with van der Waals surface area (Å²) in [6, 6.07) is 76.3. The van der Waals surface area contributed by atoms with Gasteiger partial charge in [0.05, 0.1) is 0 Å². The summed E-state index contributed by atoms with van der Waals surface area (Å²) in [5, 5.41) is 10.6. The van der Waals surface area contributed by atoms with E-state index in [4.69, 9.17) is 0 Å². The fourth-order valence-electron chi connectivity index (χ4n) is 8.50. The fourth-order valence-corrected chi connectivity index (χ4v) is 13.3. The summed E-state index contributed by atoms with van der Waals surface area (Å²) in [5.41, 5.74) is 7.22. The van der Waals surface area contributed by atoms with E-state index in [2.05, 4.69) is 215 Å². The molecule has 2 heterocycles. The number of fused-ring (bicyclic) bond motifs is 6. The monoisotopic (exact) mass is 670 g/mol. The van der Waals surface area contributed by atoms with E-state index in [-0.39, 0.29) is 0 Å². The molecule has 0 N–H and O–H groups in total. The zero-order chi connectivity index (χ0) is 33.8. The summed E-state index contributed by atoms with van der Waals surface area (Å²) < 4.78 is 4.82. The number of para-hydroxylation sites is 4. The first kappa shape index (κ1) is 29.7. The van der Waals surface area contributed by atoms with Gasteiger partial charge in [-0.25, -0.2) is 0 Å². The zero-order valence-electron chi connectivity index (χ0n) is 28.0. The average Bonchev–Trinajstić information content (AvgIpc) is 3.72. The molecule has 0 atom stereocenters. The van der Waals surface area contributed by atoms with E-state index in [1.807, 2.05) is 0 Å². The van der Waals surface area contributed by atoms with Crippen LogP contribution in [0.15, 0.2) is 206 Å². The molecular formula is C48H35N2P. The Balaban J connectivity index is 1.32. The molecule has 0 aliphatic heterocycles. The van der Waals surface area contributed by atoms with Crippen molar-refractivity contribution in [2.75, 3.05) is 0 Å². The third kappa shape index (κ3) is 4.54. The molecule has 2 aromatic heterocycles. The zero-order valence-corrected chi connectivity index (χ0v) is 29.0. The second-order valence-corrected chi connectivity index (χ2v) is 17.1. The van der Waals surface area contributed by atoms with Crippen LogP contribution in [0.5, 0.6) is 0 Å². The normalized spacial score (nSPS) is 12.2. The molecule has 8 aromatic carbocycles. The summed E-state index contributed by atoms with van der Waals surface area (Å²) in [7, 11) is -2.87. The van der Waals surface area contributed by atoms with Gasteiger partial charge in [-0.15, -0.1) is 0 Å². The number of aromatic nitrogens is 2. The Kier molecular flexibility index (Phi) is 6.98. The van der Waals surface area contributed by atoms with Gasteiger partial charge >= 0.3 is 299 Å². The van der Waals surface area contributed by atoms with Gasteiger partial charge in [0.2, 0.25) is 0 Å². The molecule has 51 heavy (non-hydrogen) atoms. The molecule has 0 amide bonds. The van der Waals surface area contributed by atoms with Crippen molar-refractivity contribution >= 4 is 72.1 Å². The minimum atomic E-state index is -2.87. The molecule has 0 fully saturated rings. The Morgan fingerprint density at radius 1 is 0.255 bits per heavy atom. The van der Waals surface area contributed by atoms with Crippen LogP contribution >= 0.6 is 7.26 Å². The van der Waals surface area contributed by atoms with Crippen LogP contribution in [0.2, 0.25) is 0 Å². The number of hydrogen-bond donors (Lipinski definition) is 0. The van der Waals surface area contributed by atoms with Crippen molar-refractivity contribution in [3.8, 4) is 11.4 Å². The van der Waals surface area contributed by atoms with E-state index < -0.39 is 7.26 Å². The third-order valence-electron chi connectivity index (χ3n) is 10.7. The van der Waals surface area contributed by atoms with Crippen LogP contribution in [0, 0.1) is 0 Å². The summed E-state index contributed by atoms with van der Waals surface area (Å²) in [6.07, 6.45) is 0. The minimum absolute atomic E-state index is 1.17. The van der Waals surface area contributed by atoms with E-state index in [0.717, 1.165) is 0 Å². The molecular weight excluding hydrogens is 636 g/mol. The molecule has 0 saturated carbocycles. The first-order valence-corrected chi connectivity index (χ1v) is 19.6. The molecule has 10 rings (SSSR count). The van der Waals surface area contributed by atoms with Crippen molar-refractivity contribution in [2.24, 2.45) is 0 Å². The number of rotatable bonds is 6. The predicted molar refractivity (Wildman–Crippen MR) is 221 cm³/mol. The molecule has 0 aliphatic rings. The van der Waals surface area contributed by atoms with Crippen molar-refractivity contribution in [1.29, 1.82) is 0 Å². The van der Waals surface area contributed by atoms with Crippen molar-refractivity contribution in [3.05, 3.63) is 206 Å². The molecule has 0 unspecified atom stereocenters. The van der Waals surface area contributed by atoms with E-state index >= 15 is 0 Å². The number of benzene rings is 8. The van der Waals surface area contributed by atoms with Crippen LogP contribution in [-0.4, -0.2) is 9.13 Å². The van der Waals surface area contributed by atoms with Gasteiger partial charge in [0.25, 0.3) is 0 Å². The van der Waals surface area contributed by atoms with Crippen LogP contribution in [0.25, 0.3) is 55.0 Å². The molecule has 242 valence electrons. The van der Waals surface area contributed by atoms with E-state index in [9.17, 15) is 0 Å². The van der Waals surface area contributed by atoms with Crippen molar-refractivity contribution in [2.45, 2.75) is 0 Å². The quantitative estimate of drug-likeness (QED) is 0.156. The SMILES string of the molecule is c1ccc(-n2c3ccccc3c3cc([PH](c4ccccc4)(c4ccccc4)c4ccc5c(c4)c4ccccc4n5-c4ccccc4)ccc32)cc1. The molecule has 0 saturated heterocycles. The number of hydrogen-bond acceptors (Lipinski definition) is 0. The van der Waals surface area contributed by atoms with Crippen LogP contribution in [0.3, 0.4) is 0 Å². The van der Waals surface area contributed by atoms with Crippen molar-refractivity contribution in [3.63, 3.8) is 0 Å². The standard InChI is InChI=1S/C48H35N2P/c1-5-17-35(18-6-1)49-45-27-15-13-25-41(45)43-33-39(29-31-47(43)49)51(37-21-9-3-10-22-37,38-23-11-4-12-24-38)40-30-32-48-44(34-40)42-26-14-16-28-46(42)50(48)36-19-7-2-8-20-36/h1-34,51H. The van der Waals surface area contributed by atoms with E-state index in [1.54, 1.807) is 0 Å². The first-order chi connectivity index (χ1) is 25.3. The topological polar surface area (TPSA) is 9.86 Å². The Morgan fingerprint density at radius 3 is 1.00 bits per heavy atom. The maximum absolute atomic E-state index is 2.87. The predicted octanol–water partition coefficient (Wildman–Crippen LogP) is 10.2. The fraction of sp³-hybridized carbons (Fsp3) is 0. The molecule has 0 aliphatic carbocycles. The van der Waals surface area contributed by atoms with Gasteiger partial charge in [-0.05, 0) is 0 Å². The average molecular weight is 671 g/mol. The van der Waals surface area contributed by atoms with Crippen LogP contribution in [0.4, 0.5) is 0 Å². The molecule has 0 spiro atoms. The number of nitrogens with zero attached hydrogens (tertiary/aromatic N) is 2. The van der Waals surface area contributed by atoms with Crippen molar-refractivity contribution < 1.29 is 0 Å². The van der Waals surface area contributed by atoms with Gasteiger partial charge in [0, 0.05) is 0 Å². The third-order valence-corrected chi connectivity index (χ3v) is 15.4. The Labute approximate surface area is 297 Å². The van der Waals surface area contributed by atoms with Crippen LogP contribution in [-0.2, 0) is 0 Å². The summed E-state index contributed by atoms with van der Waals surface area (Å²) in [4.78, 5) is 0. The molecule has 3 heteroatoms. The second kappa shape index (κ2) is 12.0. The van der Waals surface area contributed by atoms with Crippen LogP contribution < -0.4 is 21.2 Å². The van der Waals surface area contributed by atoms with Gasteiger partial charge < -0.3 is 0 Å². The molecule has 10 aromatic rings. The second-order valence-electron chi connectivity index (χ2n) is 13.3. The first-order valence-electron chi connectivity index (χ1n) is 17.6. The van der Waals surface area contributed by atoms with Gasteiger partial charge in [0.1, 0.15) is 0 Å². The molecule has 2 nitrogen and oxygen atoms in total. The molecule has 0 radical (unpaired) electrons. The maximum atomic E-state index is 2.51. The summed E-state index contributed by atoms with van der Waals surface area (Å²) in [5.74, 6) is 0.